The second kappa shape index (κ2) is 6.78. The molecule has 0 aliphatic rings. The van der Waals surface area contributed by atoms with Crippen molar-refractivity contribution >= 4 is 11.0 Å². The van der Waals surface area contributed by atoms with Crippen LogP contribution < -0.4 is 10.1 Å². The number of fused-ring (bicyclic) bond motifs is 1. The van der Waals surface area contributed by atoms with Gasteiger partial charge in [0.1, 0.15) is 5.76 Å². The molecule has 3 aromatic heterocycles. The molecule has 0 radical (unpaired) electrons. The average molecular weight is 334 g/mol. The average Bonchev–Trinajstić information content (AvgIpc) is 3.31. The van der Waals surface area contributed by atoms with Gasteiger partial charge in [0.25, 0.3) is 0 Å². The van der Waals surface area contributed by atoms with Gasteiger partial charge in [-0.25, -0.2) is 9.67 Å². The maximum Gasteiger partial charge on any atom is 0.176 e. The number of para-hydroxylation sites is 1. The molecular formula is C19H18N4O2. The summed E-state index contributed by atoms with van der Waals surface area (Å²) in [5.41, 5.74) is 1.85. The van der Waals surface area contributed by atoms with Crippen LogP contribution in [0.5, 0.6) is 5.75 Å². The summed E-state index contributed by atoms with van der Waals surface area (Å²) in [6, 6.07) is 13.8. The van der Waals surface area contributed by atoms with Crippen molar-refractivity contribution in [3.63, 3.8) is 0 Å². The molecule has 0 amide bonds. The van der Waals surface area contributed by atoms with Crippen LogP contribution in [0.2, 0.25) is 0 Å². The van der Waals surface area contributed by atoms with Crippen LogP contribution in [0.4, 0.5) is 0 Å². The molecule has 0 bridgehead atoms. The number of furan rings is 1. The van der Waals surface area contributed by atoms with Gasteiger partial charge in [-0.15, -0.1) is 0 Å². The third kappa shape index (κ3) is 3.12. The van der Waals surface area contributed by atoms with Crippen LogP contribution in [0.3, 0.4) is 0 Å². The molecule has 4 aromatic rings. The van der Waals surface area contributed by atoms with Gasteiger partial charge < -0.3 is 14.5 Å². The lowest BCUT2D eigenvalue weighted by Crippen LogP contribution is -2.15. The Hall–Kier alpha value is -3.12. The second-order valence-corrected chi connectivity index (χ2v) is 5.63. The fourth-order valence-electron chi connectivity index (χ4n) is 2.83. The van der Waals surface area contributed by atoms with Gasteiger partial charge in [-0.1, -0.05) is 18.2 Å². The topological polar surface area (TPSA) is 65.1 Å². The molecule has 4 rings (SSSR count). The van der Waals surface area contributed by atoms with Crippen LogP contribution in [0.1, 0.15) is 11.3 Å². The minimum absolute atomic E-state index is 0.616. The summed E-state index contributed by atoms with van der Waals surface area (Å²) in [6.07, 6.45) is 5.40. The number of hydrogen-bond donors (Lipinski definition) is 1. The summed E-state index contributed by atoms with van der Waals surface area (Å²) in [5, 5.41) is 8.70. The van der Waals surface area contributed by atoms with Gasteiger partial charge in [0.2, 0.25) is 0 Å². The second-order valence-electron chi connectivity index (χ2n) is 5.63. The molecule has 3 heterocycles. The van der Waals surface area contributed by atoms with E-state index in [-0.39, 0.29) is 0 Å². The Kier molecular flexibility index (Phi) is 4.18. The van der Waals surface area contributed by atoms with E-state index in [4.69, 9.17) is 9.15 Å². The first kappa shape index (κ1) is 15.4. The number of ether oxygens (including phenoxy) is 1. The number of rotatable bonds is 6. The van der Waals surface area contributed by atoms with Crippen LogP contribution >= 0.6 is 0 Å². The van der Waals surface area contributed by atoms with Gasteiger partial charge in [0.15, 0.2) is 17.2 Å². The standard InChI is InChI=1S/C19H18N4O2/c1-24-17-7-2-5-14-11-16(25-18(14)17)13-20-12-15-6-3-8-21-19(15)23-10-4-9-22-23/h2-11,20H,12-13H2,1H3. The molecule has 0 unspecified atom stereocenters. The maximum absolute atomic E-state index is 5.91. The smallest absolute Gasteiger partial charge is 0.176 e. The number of methoxy groups -OCH3 is 1. The Morgan fingerprint density at radius 1 is 1.12 bits per heavy atom. The molecule has 0 saturated carbocycles. The number of nitrogens with one attached hydrogen (secondary N) is 1. The van der Waals surface area contributed by atoms with Crippen molar-refractivity contribution in [2.75, 3.05) is 7.11 Å². The molecule has 0 aliphatic heterocycles. The van der Waals surface area contributed by atoms with Gasteiger partial charge in [-0.05, 0) is 24.3 Å². The largest absolute Gasteiger partial charge is 0.493 e. The lowest BCUT2D eigenvalue weighted by molar-refractivity contribution is 0.406. The molecule has 6 heteroatoms. The van der Waals surface area contributed by atoms with Crippen molar-refractivity contribution in [3.8, 4) is 11.6 Å². The molecule has 1 N–H and O–H groups in total. The quantitative estimate of drug-likeness (QED) is 0.586. The maximum atomic E-state index is 5.91. The highest BCUT2D eigenvalue weighted by Gasteiger charge is 2.09. The summed E-state index contributed by atoms with van der Waals surface area (Å²) in [5.74, 6) is 2.44. The van der Waals surface area contributed by atoms with E-state index in [1.807, 2.05) is 48.7 Å². The van der Waals surface area contributed by atoms with E-state index in [1.54, 1.807) is 24.2 Å². The van der Waals surface area contributed by atoms with Crippen molar-refractivity contribution in [3.05, 3.63) is 72.4 Å². The minimum Gasteiger partial charge on any atom is -0.493 e. The highest BCUT2D eigenvalue weighted by atomic mass is 16.5. The van der Waals surface area contributed by atoms with Crippen molar-refractivity contribution in [2.24, 2.45) is 0 Å². The summed E-state index contributed by atoms with van der Waals surface area (Å²) < 4.78 is 13.0. The molecule has 1 aromatic carbocycles. The zero-order chi connectivity index (χ0) is 17.1. The summed E-state index contributed by atoms with van der Waals surface area (Å²) in [4.78, 5) is 4.42. The first-order chi connectivity index (χ1) is 12.3. The van der Waals surface area contributed by atoms with Crippen molar-refractivity contribution in [2.45, 2.75) is 13.1 Å². The zero-order valence-corrected chi connectivity index (χ0v) is 13.8. The molecule has 0 aliphatic carbocycles. The number of aromatic nitrogens is 3. The SMILES string of the molecule is COc1cccc2cc(CNCc3cccnc3-n3cccn3)oc12. The van der Waals surface area contributed by atoms with Gasteiger partial charge in [0.05, 0.1) is 13.7 Å². The van der Waals surface area contributed by atoms with Crippen molar-refractivity contribution in [1.82, 2.24) is 20.1 Å². The van der Waals surface area contributed by atoms with E-state index >= 15 is 0 Å². The predicted molar refractivity (Wildman–Crippen MR) is 94.7 cm³/mol. The van der Waals surface area contributed by atoms with E-state index in [0.29, 0.717) is 13.1 Å². The van der Waals surface area contributed by atoms with E-state index < -0.39 is 0 Å². The molecular weight excluding hydrogens is 316 g/mol. The fourth-order valence-corrected chi connectivity index (χ4v) is 2.83. The zero-order valence-electron chi connectivity index (χ0n) is 13.8. The van der Waals surface area contributed by atoms with Gasteiger partial charge in [-0.3, -0.25) is 0 Å². The van der Waals surface area contributed by atoms with E-state index in [2.05, 4.69) is 15.4 Å². The third-order valence-corrected chi connectivity index (χ3v) is 3.98. The van der Waals surface area contributed by atoms with Crippen LogP contribution in [-0.4, -0.2) is 21.9 Å². The molecule has 0 fully saturated rings. The molecule has 126 valence electrons. The normalized spacial score (nSPS) is 11.1. The number of nitrogens with zero attached hydrogens (tertiary/aromatic N) is 3. The number of benzene rings is 1. The molecule has 6 nitrogen and oxygen atoms in total. The highest BCUT2D eigenvalue weighted by Crippen LogP contribution is 2.28. The van der Waals surface area contributed by atoms with Crippen molar-refractivity contribution in [1.29, 1.82) is 0 Å². The van der Waals surface area contributed by atoms with Gasteiger partial charge in [-0.2, -0.15) is 5.10 Å². The van der Waals surface area contributed by atoms with Crippen LogP contribution in [-0.2, 0) is 13.1 Å². The Balaban J connectivity index is 1.48. The summed E-state index contributed by atoms with van der Waals surface area (Å²) in [6.45, 7) is 1.28. The Morgan fingerprint density at radius 3 is 2.92 bits per heavy atom. The summed E-state index contributed by atoms with van der Waals surface area (Å²) >= 11 is 0. The Morgan fingerprint density at radius 2 is 2.08 bits per heavy atom. The fraction of sp³-hybridized carbons (Fsp3) is 0.158. The van der Waals surface area contributed by atoms with E-state index in [9.17, 15) is 0 Å². The number of hydrogen-bond acceptors (Lipinski definition) is 5. The first-order valence-electron chi connectivity index (χ1n) is 8.05. The first-order valence-corrected chi connectivity index (χ1v) is 8.05. The van der Waals surface area contributed by atoms with E-state index in [0.717, 1.165) is 33.9 Å². The van der Waals surface area contributed by atoms with Gasteiger partial charge >= 0.3 is 0 Å². The molecule has 25 heavy (non-hydrogen) atoms. The monoisotopic (exact) mass is 334 g/mol. The molecule has 0 atom stereocenters. The highest BCUT2D eigenvalue weighted by molar-refractivity contribution is 5.83. The Labute approximate surface area is 145 Å². The minimum atomic E-state index is 0.616. The van der Waals surface area contributed by atoms with E-state index in [1.165, 1.54) is 0 Å². The summed E-state index contributed by atoms with van der Waals surface area (Å²) in [7, 11) is 1.65. The molecule has 0 saturated heterocycles. The van der Waals surface area contributed by atoms with Crippen LogP contribution in [0.25, 0.3) is 16.8 Å². The lowest BCUT2D eigenvalue weighted by Gasteiger charge is -2.08. The Bertz CT molecular complexity index is 976. The number of pyridine rings is 1. The van der Waals surface area contributed by atoms with Crippen LogP contribution in [0.15, 0.2) is 65.5 Å². The van der Waals surface area contributed by atoms with Gasteiger partial charge in [0, 0.05) is 36.1 Å². The van der Waals surface area contributed by atoms with Crippen LogP contribution in [0, 0.1) is 0 Å². The molecule has 0 spiro atoms. The predicted octanol–water partition coefficient (Wildman–Crippen LogP) is 3.31. The van der Waals surface area contributed by atoms with Crippen molar-refractivity contribution < 1.29 is 9.15 Å². The third-order valence-electron chi connectivity index (χ3n) is 3.98. The lowest BCUT2D eigenvalue weighted by atomic mass is 10.2.